The first-order chi connectivity index (χ1) is 8.63. The average molecular weight is 244 g/mol. The van der Waals surface area contributed by atoms with Gasteiger partial charge in [0.1, 0.15) is 0 Å². The van der Waals surface area contributed by atoms with E-state index in [2.05, 4.69) is 5.32 Å². The minimum Gasteiger partial charge on any atom is -0.384 e. The van der Waals surface area contributed by atoms with E-state index < -0.39 is 0 Å². The normalized spacial score (nSPS) is 25.8. The van der Waals surface area contributed by atoms with Crippen LogP contribution in [0.4, 0.5) is 5.69 Å². The van der Waals surface area contributed by atoms with Gasteiger partial charge in [0.05, 0.1) is 11.8 Å². The van der Waals surface area contributed by atoms with Crippen LogP contribution in [0.5, 0.6) is 0 Å². The van der Waals surface area contributed by atoms with Gasteiger partial charge in [0.15, 0.2) is 0 Å². The number of aryl methyl sites for hydroxylation is 1. The second kappa shape index (κ2) is 3.83. The van der Waals surface area contributed by atoms with Gasteiger partial charge in [0, 0.05) is 18.8 Å². The number of anilines is 1. The summed E-state index contributed by atoms with van der Waals surface area (Å²) in [5.74, 6) is -0.589. The van der Waals surface area contributed by atoms with E-state index in [1.807, 2.05) is 32.0 Å². The maximum atomic E-state index is 12.3. The van der Waals surface area contributed by atoms with Crippen molar-refractivity contribution in [3.63, 3.8) is 0 Å². The monoisotopic (exact) mass is 244 g/mol. The van der Waals surface area contributed by atoms with Crippen molar-refractivity contribution in [1.82, 2.24) is 4.90 Å². The molecule has 2 amide bonds. The molecule has 4 heteroatoms. The predicted octanol–water partition coefficient (Wildman–Crippen LogP) is 1.51. The van der Waals surface area contributed by atoms with Crippen LogP contribution >= 0.6 is 0 Å². The van der Waals surface area contributed by atoms with E-state index in [0.717, 1.165) is 16.8 Å². The lowest BCUT2D eigenvalue weighted by Crippen LogP contribution is -2.32. The molecule has 2 aliphatic heterocycles. The van der Waals surface area contributed by atoms with Crippen LogP contribution in [0.1, 0.15) is 24.0 Å². The molecule has 1 N–H and O–H groups in total. The molecule has 1 aromatic rings. The van der Waals surface area contributed by atoms with Crippen LogP contribution in [-0.2, 0) is 9.59 Å². The number of imide groups is 1. The zero-order valence-corrected chi connectivity index (χ0v) is 10.6. The van der Waals surface area contributed by atoms with Gasteiger partial charge in [-0.25, -0.2) is 0 Å². The van der Waals surface area contributed by atoms with E-state index in [0.29, 0.717) is 13.1 Å². The lowest BCUT2D eigenvalue weighted by atomic mass is 9.83. The number of benzene rings is 1. The topological polar surface area (TPSA) is 49.4 Å². The summed E-state index contributed by atoms with van der Waals surface area (Å²) >= 11 is 0. The van der Waals surface area contributed by atoms with Crippen molar-refractivity contribution in [3.8, 4) is 0 Å². The van der Waals surface area contributed by atoms with E-state index in [9.17, 15) is 9.59 Å². The van der Waals surface area contributed by atoms with Gasteiger partial charge in [-0.2, -0.15) is 0 Å². The van der Waals surface area contributed by atoms with Crippen molar-refractivity contribution in [2.75, 3.05) is 18.4 Å². The number of amides is 2. The maximum absolute atomic E-state index is 12.3. The van der Waals surface area contributed by atoms with Gasteiger partial charge in [-0.1, -0.05) is 17.7 Å². The van der Waals surface area contributed by atoms with Crippen LogP contribution in [0.25, 0.3) is 0 Å². The number of rotatable bonds is 1. The van der Waals surface area contributed by atoms with Crippen molar-refractivity contribution in [2.45, 2.75) is 19.8 Å². The Balaban J connectivity index is 2.10. The molecule has 3 rings (SSSR count). The molecule has 0 bridgehead atoms. The fraction of sp³-hybridized carbons (Fsp3) is 0.429. The summed E-state index contributed by atoms with van der Waals surface area (Å²) in [6, 6.07) is 6.03. The van der Waals surface area contributed by atoms with E-state index >= 15 is 0 Å². The molecular formula is C14H16N2O2. The summed E-state index contributed by atoms with van der Waals surface area (Å²) in [7, 11) is 0. The summed E-state index contributed by atoms with van der Waals surface area (Å²) in [6.45, 7) is 4.87. The minimum absolute atomic E-state index is 0.0350. The van der Waals surface area contributed by atoms with Gasteiger partial charge >= 0.3 is 0 Å². The number of carbonyl (C=O) groups excluding carboxylic acids is 2. The molecule has 0 radical (unpaired) electrons. The Morgan fingerprint density at radius 3 is 2.83 bits per heavy atom. The summed E-state index contributed by atoms with van der Waals surface area (Å²) in [5, 5.41) is 3.26. The SMILES string of the molecule is CCN1C(=O)[C@@H]2CNc3ccc(C)cc3[C@@H]2C1=O. The largest absolute Gasteiger partial charge is 0.384 e. The molecule has 0 unspecified atom stereocenters. The van der Waals surface area contributed by atoms with Crippen LogP contribution in [0.3, 0.4) is 0 Å². The van der Waals surface area contributed by atoms with Gasteiger partial charge in [-0.05, 0) is 25.5 Å². The number of likely N-dealkylation sites (tertiary alicyclic amines) is 1. The Kier molecular flexibility index (Phi) is 2.40. The molecular weight excluding hydrogens is 228 g/mol. The predicted molar refractivity (Wildman–Crippen MR) is 68.3 cm³/mol. The van der Waals surface area contributed by atoms with Crippen LogP contribution in [0.2, 0.25) is 0 Å². The molecule has 2 atom stereocenters. The molecule has 1 saturated heterocycles. The molecule has 1 fully saturated rings. The minimum atomic E-state index is -0.284. The Morgan fingerprint density at radius 2 is 2.11 bits per heavy atom. The second-order valence-corrected chi connectivity index (χ2v) is 4.98. The van der Waals surface area contributed by atoms with Gasteiger partial charge in [-0.3, -0.25) is 14.5 Å². The third kappa shape index (κ3) is 1.38. The number of fused-ring (bicyclic) bond motifs is 3. The standard InChI is InChI=1S/C14H16N2O2/c1-3-16-13(17)10-7-15-11-5-4-8(2)6-9(11)12(10)14(16)18/h4-6,10,12,15H,3,7H2,1-2H3/t10-,12+/m1/s1. The number of nitrogens with one attached hydrogen (secondary N) is 1. The lowest BCUT2D eigenvalue weighted by molar-refractivity contribution is -0.139. The fourth-order valence-corrected chi connectivity index (χ4v) is 2.98. The molecule has 2 heterocycles. The quantitative estimate of drug-likeness (QED) is 0.762. The van der Waals surface area contributed by atoms with Crippen molar-refractivity contribution in [3.05, 3.63) is 29.3 Å². The van der Waals surface area contributed by atoms with Crippen molar-refractivity contribution < 1.29 is 9.59 Å². The molecule has 0 aliphatic carbocycles. The molecule has 2 aliphatic rings. The highest BCUT2D eigenvalue weighted by molar-refractivity contribution is 6.09. The van der Waals surface area contributed by atoms with Crippen LogP contribution in [-0.4, -0.2) is 29.8 Å². The highest BCUT2D eigenvalue weighted by Gasteiger charge is 2.49. The highest BCUT2D eigenvalue weighted by atomic mass is 16.2. The first-order valence-electron chi connectivity index (χ1n) is 6.33. The molecule has 1 aromatic carbocycles. The van der Waals surface area contributed by atoms with Crippen LogP contribution in [0, 0.1) is 12.8 Å². The van der Waals surface area contributed by atoms with Crippen LogP contribution in [0.15, 0.2) is 18.2 Å². The maximum Gasteiger partial charge on any atom is 0.237 e. The first kappa shape index (κ1) is 11.3. The molecule has 0 aromatic heterocycles. The van der Waals surface area contributed by atoms with Crippen molar-refractivity contribution >= 4 is 17.5 Å². The summed E-state index contributed by atoms with van der Waals surface area (Å²) in [4.78, 5) is 25.9. The third-order valence-electron chi connectivity index (χ3n) is 3.89. The summed E-state index contributed by atoms with van der Waals surface area (Å²) in [5.41, 5.74) is 3.08. The van der Waals surface area contributed by atoms with E-state index in [1.165, 1.54) is 4.90 Å². The fourth-order valence-electron chi connectivity index (χ4n) is 2.98. The Labute approximate surface area is 106 Å². The highest BCUT2D eigenvalue weighted by Crippen LogP contribution is 2.41. The van der Waals surface area contributed by atoms with Gasteiger partial charge in [-0.15, -0.1) is 0 Å². The first-order valence-corrected chi connectivity index (χ1v) is 6.33. The number of hydrogen-bond donors (Lipinski definition) is 1. The van der Waals surface area contributed by atoms with Gasteiger partial charge in [0.25, 0.3) is 0 Å². The Bertz CT molecular complexity index is 539. The molecule has 0 spiro atoms. The number of likely N-dealkylation sites (N-methyl/N-ethyl adjacent to an activating group) is 1. The van der Waals surface area contributed by atoms with Crippen LogP contribution < -0.4 is 5.32 Å². The average Bonchev–Trinajstić information content (AvgIpc) is 2.61. The Hall–Kier alpha value is -1.84. The van der Waals surface area contributed by atoms with E-state index in [1.54, 1.807) is 0 Å². The molecule has 18 heavy (non-hydrogen) atoms. The third-order valence-corrected chi connectivity index (χ3v) is 3.89. The van der Waals surface area contributed by atoms with Gasteiger partial charge in [0.2, 0.25) is 11.8 Å². The lowest BCUT2D eigenvalue weighted by Gasteiger charge is -2.26. The van der Waals surface area contributed by atoms with E-state index in [-0.39, 0.29) is 23.7 Å². The molecule has 4 nitrogen and oxygen atoms in total. The summed E-state index contributed by atoms with van der Waals surface area (Å²) in [6.07, 6.45) is 0. The zero-order valence-electron chi connectivity index (χ0n) is 10.6. The molecule has 94 valence electrons. The zero-order chi connectivity index (χ0) is 12.9. The molecule has 0 saturated carbocycles. The van der Waals surface area contributed by atoms with Crippen molar-refractivity contribution in [1.29, 1.82) is 0 Å². The van der Waals surface area contributed by atoms with Gasteiger partial charge < -0.3 is 5.32 Å². The van der Waals surface area contributed by atoms with E-state index in [4.69, 9.17) is 0 Å². The number of nitrogens with zero attached hydrogens (tertiary/aromatic N) is 1. The second-order valence-electron chi connectivity index (χ2n) is 4.98. The smallest absolute Gasteiger partial charge is 0.237 e. The van der Waals surface area contributed by atoms with Crippen molar-refractivity contribution in [2.24, 2.45) is 5.92 Å². The number of carbonyl (C=O) groups is 2. The summed E-state index contributed by atoms with van der Waals surface area (Å²) < 4.78 is 0. The number of hydrogen-bond acceptors (Lipinski definition) is 3. The Morgan fingerprint density at radius 1 is 1.33 bits per heavy atom.